The lowest BCUT2D eigenvalue weighted by atomic mass is 10.0. The van der Waals surface area contributed by atoms with Gasteiger partial charge in [-0.3, -0.25) is 0 Å². The van der Waals surface area contributed by atoms with Crippen molar-refractivity contribution in [1.29, 1.82) is 0 Å². The molecule has 2 aromatic carbocycles. The molecular weight excluding hydrogens is 305 g/mol. The number of benzene rings is 2. The molecule has 0 saturated carbocycles. The summed E-state index contributed by atoms with van der Waals surface area (Å²) in [6.45, 7) is 1.92. The zero-order valence-electron chi connectivity index (χ0n) is 11.3. The third-order valence-corrected chi connectivity index (χ3v) is 3.92. The maximum Gasteiger partial charge on any atom is 0.176 e. The Balaban J connectivity index is 2.03. The maximum atomic E-state index is 6.05. The van der Waals surface area contributed by atoms with Gasteiger partial charge in [0.25, 0.3) is 0 Å². The lowest BCUT2D eigenvalue weighted by Gasteiger charge is -2.17. The van der Waals surface area contributed by atoms with Gasteiger partial charge in [0.2, 0.25) is 0 Å². The van der Waals surface area contributed by atoms with E-state index in [2.05, 4.69) is 4.99 Å². The summed E-state index contributed by atoms with van der Waals surface area (Å²) in [6, 6.07) is 14.9. The SMILES string of the molecule is CC1(c2ccc(Cl)cc2)N=C(N)C(c2ccc(Cl)cc2)=N1. The van der Waals surface area contributed by atoms with Crippen LogP contribution in [0.5, 0.6) is 0 Å². The van der Waals surface area contributed by atoms with Crippen molar-refractivity contribution in [3.05, 3.63) is 69.7 Å². The second kappa shape index (κ2) is 5.17. The van der Waals surface area contributed by atoms with Crippen LogP contribution >= 0.6 is 23.2 Å². The average molecular weight is 318 g/mol. The minimum absolute atomic E-state index is 0.426. The second-order valence-corrected chi connectivity index (χ2v) is 5.86. The molecule has 21 heavy (non-hydrogen) atoms. The van der Waals surface area contributed by atoms with Gasteiger partial charge >= 0.3 is 0 Å². The van der Waals surface area contributed by atoms with E-state index in [-0.39, 0.29) is 0 Å². The second-order valence-electron chi connectivity index (χ2n) is 4.99. The third-order valence-electron chi connectivity index (χ3n) is 3.42. The number of aliphatic imine (C=N–C) groups is 2. The van der Waals surface area contributed by atoms with Crippen molar-refractivity contribution in [1.82, 2.24) is 0 Å². The van der Waals surface area contributed by atoms with Crippen LogP contribution in [-0.4, -0.2) is 11.5 Å². The van der Waals surface area contributed by atoms with Crippen LogP contribution in [-0.2, 0) is 5.66 Å². The van der Waals surface area contributed by atoms with E-state index < -0.39 is 5.66 Å². The number of amidine groups is 1. The molecule has 106 valence electrons. The molecule has 0 saturated heterocycles. The molecule has 2 N–H and O–H groups in total. The van der Waals surface area contributed by atoms with E-state index in [9.17, 15) is 0 Å². The van der Waals surface area contributed by atoms with Gasteiger partial charge in [-0.1, -0.05) is 47.5 Å². The Morgan fingerprint density at radius 1 is 0.857 bits per heavy atom. The number of hydrogen-bond donors (Lipinski definition) is 1. The molecule has 3 rings (SSSR count). The van der Waals surface area contributed by atoms with Crippen molar-refractivity contribution in [2.45, 2.75) is 12.6 Å². The zero-order chi connectivity index (χ0) is 15.0. The Morgan fingerprint density at radius 2 is 1.38 bits per heavy atom. The van der Waals surface area contributed by atoms with Crippen LogP contribution in [0, 0.1) is 0 Å². The average Bonchev–Trinajstić information content (AvgIpc) is 2.77. The molecular formula is C16H13Cl2N3. The highest BCUT2D eigenvalue weighted by molar-refractivity contribution is 6.48. The molecule has 0 fully saturated rings. The lowest BCUT2D eigenvalue weighted by molar-refractivity contribution is 0.540. The van der Waals surface area contributed by atoms with Gasteiger partial charge in [-0.2, -0.15) is 0 Å². The molecule has 1 heterocycles. The summed E-state index contributed by atoms with van der Waals surface area (Å²) in [7, 11) is 0. The number of hydrogen-bond acceptors (Lipinski definition) is 3. The molecule has 0 aromatic heterocycles. The molecule has 2 aromatic rings. The van der Waals surface area contributed by atoms with Gasteiger partial charge in [0.1, 0.15) is 11.5 Å². The summed E-state index contributed by atoms with van der Waals surface area (Å²) in [6.07, 6.45) is 0. The predicted molar refractivity (Wildman–Crippen MR) is 88.4 cm³/mol. The predicted octanol–water partition coefficient (Wildman–Crippen LogP) is 4.03. The summed E-state index contributed by atoms with van der Waals surface area (Å²) in [4.78, 5) is 9.22. The molecule has 0 aliphatic carbocycles. The van der Waals surface area contributed by atoms with Crippen LogP contribution in [0.15, 0.2) is 58.5 Å². The molecule has 1 unspecified atom stereocenters. The van der Waals surface area contributed by atoms with Crippen LogP contribution in [0.4, 0.5) is 0 Å². The number of rotatable bonds is 2. The summed E-state index contributed by atoms with van der Waals surface area (Å²) in [5.74, 6) is 0.426. The van der Waals surface area contributed by atoms with Crippen molar-refractivity contribution in [2.75, 3.05) is 0 Å². The fourth-order valence-corrected chi connectivity index (χ4v) is 2.55. The Hall–Kier alpha value is -1.84. The fraction of sp³-hybridized carbons (Fsp3) is 0.125. The van der Waals surface area contributed by atoms with Gasteiger partial charge < -0.3 is 5.73 Å². The first kappa shape index (κ1) is 14.1. The molecule has 3 nitrogen and oxygen atoms in total. The molecule has 0 radical (unpaired) electrons. The Morgan fingerprint density at radius 3 is 1.95 bits per heavy atom. The Labute approximate surface area is 133 Å². The van der Waals surface area contributed by atoms with E-state index in [1.54, 1.807) is 0 Å². The number of halogens is 2. The van der Waals surface area contributed by atoms with Crippen LogP contribution in [0.25, 0.3) is 0 Å². The number of nitrogens with two attached hydrogens (primary N) is 1. The summed E-state index contributed by atoms with van der Waals surface area (Å²) < 4.78 is 0. The monoisotopic (exact) mass is 317 g/mol. The van der Waals surface area contributed by atoms with E-state index in [0.29, 0.717) is 21.6 Å². The van der Waals surface area contributed by atoms with Crippen molar-refractivity contribution < 1.29 is 0 Å². The fourth-order valence-electron chi connectivity index (χ4n) is 2.30. The van der Waals surface area contributed by atoms with Gasteiger partial charge in [0.05, 0.1) is 0 Å². The molecule has 1 atom stereocenters. The quantitative estimate of drug-likeness (QED) is 0.893. The maximum absolute atomic E-state index is 6.05. The zero-order valence-corrected chi connectivity index (χ0v) is 12.9. The van der Waals surface area contributed by atoms with E-state index >= 15 is 0 Å². The highest BCUT2D eigenvalue weighted by Crippen LogP contribution is 2.32. The summed E-state index contributed by atoms with van der Waals surface area (Å²) >= 11 is 11.8. The van der Waals surface area contributed by atoms with Crippen molar-refractivity contribution in [2.24, 2.45) is 15.7 Å². The molecule has 0 spiro atoms. The Bertz CT molecular complexity index is 733. The molecule has 0 bridgehead atoms. The minimum atomic E-state index is -0.719. The third kappa shape index (κ3) is 2.67. The van der Waals surface area contributed by atoms with Gasteiger partial charge in [0.15, 0.2) is 5.66 Å². The van der Waals surface area contributed by atoms with Gasteiger partial charge in [-0.05, 0) is 31.2 Å². The van der Waals surface area contributed by atoms with Gasteiger partial charge in [-0.15, -0.1) is 0 Å². The highest BCUT2D eigenvalue weighted by Gasteiger charge is 2.32. The topological polar surface area (TPSA) is 50.7 Å². The van der Waals surface area contributed by atoms with Crippen LogP contribution in [0.2, 0.25) is 10.0 Å². The van der Waals surface area contributed by atoms with Crippen LogP contribution in [0.3, 0.4) is 0 Å². The van der Waals surface area contributed by atoms with Gasteiger partial charge in [-0.25, -0.2) is 9.98 Å². The van der Waals surface area contributed by atoms with Crippen LogP contribution in [0.1, 0.15) is 18.1 Å². The first-order valence-electron chi connectivity index (χ1n) is 6.45. The molecule has 0 amide bonds. The van der Waals surface area contributed by atoms with E-state index in [1.165, 1.54) is 0 Å². The first-order chi connectivity index (χ1) is 9.98. The highest BCUT2D eigenvalue weighted by atomic mass is 35.5. The van der Waals surface area contributed by atoms with Gasteiger partial charge in [0, 0.05) is 21.2 Å². The van der Waals surface area contributed by atoms with E-state index in [1.807, 2.05) is 55.5 Å². The van der Waals surface area contributed by atoms with Crippen molar-refractivity contribution >= 4 is 34.7 Å². The minimum Gasteiger partial charge on any atom is -0.382 e. The van der Waals surface area contributed by atoms with E-state index in [0.717, 1.165) is 11.1 Å². The standard InChI is InChI=1S/C16H13Cl2N3/c1-16(11-4-8-13(18)9-5-11)20-14(15(19)21-16)10-2-6-12(17)7-3-10/h2-9H,1H3,(H2,19,21). The summed E-state index contributed by atoms with van der Waals surface area (Å²) in [5, 5.41) is 1.35. The first-order valence-corrected chi connectivity index (χ1v) is 7.21. The number of nitrogens with zero attached hydrogens (tertiary/aromatic N) is 2. The molecule has 1 aliphatic rings. The largest absolute Gasteiger partial charge is 0.382 e. The van der Waals surface area contributed by atoms with E-state index in [4.69, 9.17) is 33.9 Å². The summed E-state index contributed by atoms with van der Waals surface area (Å²) in [5.41, 5.74) is 7.86. The lowest BCUT2D eigenvalue weighted by Crippen LogP contribution is -2.21. The smallest absolute Gasteiger partial charge is 0.176 e. The molecule has 1 aliphatic heterocycles. The normalized spacial score (nSPS) is 21.1. The molecule has 5 heteroatoms. The van der Waals surface area contributed by atoms with Crippen LogP contribution < -0.4 is 5.73 Å². The van der Waals surface area contributed by atoms with Crippen molar-refractivity contribution in [3.8, 4) is 0 Å². The van der Waals surface area contributed by atoms with Crippen molar-refractivity contribution in [3.63, 3.8) is 0 Å². The Kier molecular flexibility index (Phi) is 3.47.